The number of aryl methyl sites for hydroxylation is 1. The Morgan fingerprint density at radius 2 is 1.70 bits per heavy atom. The molecule has 2 N–H and O–H groups in total. The zero-order valence-electron chi connectivity index (χ0n) is 15.5. The van der Waals surface area contributed by atoms with Crippen LogP contribution in [-0.2, 0) is 13.1 Å². The van der Waals surface area contributed by atoms with Crippen molar-refractivity contribution >= 4 is 27.7 Å². The Bertz CT molecular complexity index is 1110. The molecule has 27 heavy (non-hydrogen) atoms. The molecule has 0 saturated carbocycles. The molecule has 0 radical (unpaired) electrons. The van der Waals surface area contributed by atoms with Crippen molar-refractivity contribution < 1.29 is 4.42 Å². The van der Waals surface area contributed by atoms with Crippen LogP contribution in [0.2, 0.25) is 0 Å². The summed E-state index contributed by atoms with van der Waals surface area (Å²) < 4.78 is 5.96. The van der Waals surface area contributed by atoms with Gasteiger partial charge in [0.15, 0.2) is 5.96 Å². The molecule has 0 aliphatic heterocycles. The Hall–Kier alpha value is -3.34. The molecule has 0 saturated heterocycles. The molecule has 2 heterocycles. The van der Waals surface area contributed by atoms with Gasteiger partial charge in [-0.2, -0.15) is 0 Å². The number of furan rings is 1. The van der Waals surface area contributed by atoms with E-state index in [1.165, 1.54) is 5.39 Å². The second-order valence-corrected chi connectivity index (χ2v) is 6.40. The van der Waals surface area contributed by atoms with Crippen LogP contribution in [0.25, 0.3) is 21.7 Å². The number of pyridine rings is 1. The number of benzene rings is 2. The number of hydrogen-bond acceptors (Lipinski definition) is 3. The Morgan fingerprint density at radius 1 is 0.963 bits per heavy atom. The Morgan fingerprint density at radius 3 is 2.52 bits per heavy atom. The van der Waals surface area contributed by atoms with E-state index in [4.69, 9.17) is 4.42 Å². The zero-order valence-corrected chi connectivity index (χ0v) is 15.5. The molecule has 5 nitrogen and oxygen atoms in total. The highest BCUT2D eigenvalue weighted by Gasteiger charge is 2.10. The van der Waals surface area contributed by atoms with E-state index < -0.39 is 0 Å². The predicted octanol–water partition coefficient (Wildman–Crippen LogP) is 4.15. The highest BCUT2D eigenvalue weighted by atomic mass is 16.3. The van der Waals surface area contributed by atoms with E-state index in [9.17, 15) is 0 Å². The van der Waals surface area contributed by atoms with E-state index in [2.05, 4.69) is 45.7 Å². The molecule has 0 bridgehead atoms. The number of fused-ring (bicyclic) bond motifs is 2. The first-order valence-electron chi connectivity index (χ1n) is 9.00. The number of aliphatic imine (C=N–C) groups is 1. The molecule has 0 unspecified atom stereocenters. The molecule has 0 aliphatic carbocycles. The molecule has 2 aromatic heterocycles. The molecule has 0 spiro atoms. The second-order valence-electron chi connectivity index (χ2n) is 6.40. The lowest BCUT2D eigenvalue weighted by Crippen LogP contribution is -2.36. The van der Waals surface area contributed by atoms with Crippen LogP contribution >= 0.6 is 0 Å². The molecule has 0 fully saturated rings. The average Bonchev–Trinajstić information content (AvgIpc) is 3.04. The van der Waals surface area contributed by atoms with Gasteiger partial charge in [-0.1, -0.05) is 42.5 Å². The average molecular weight is 358 g/mol. The Kier molecular flexibility index (Phi) is 4.75. The number of para-hydroxylation sites is 1. The minimum Gasteiger partial charge on any atom is -0.459 e. The fourth-order valence-electron chi connectivity index (χ4n) is 3.27. The van der Waals surface area contributed by atoms with Gasteiger partial charge in [-0.05, 0) is 24.4 Å². The summed E-state index contributed by atoms with van der Waals surface area (Å²) in [6.07, 6.45) is 1.84. The van der Waals surface area contributed by atoms with E-state index in [-0.39, 0.29) is 0 Å². The first-order chi connectivity index (χ1) is 13.3. The fraction of sp³-hybridized carbons (Fsp3) is 0.182. The number of aromatic nitrogens is 1. The van der Waals surface area contributed by atoms with Crippen LogP contribution in [0.5, 0.6) is 0 Å². The van der Waals surface area contributed by atoms with Crippen molar-refractivity contribution in [2.45, 2.75) is 20.0 Å². The Balaban J connectivity index is 1.44. The normalized spacial score (nSPS) is 11.9. The molecule has 0 amide bonds. The number of guanidine groups is 1. The van der Waals surface area contributed by atoms with Crippen LogP contribution in [-0.4, -0.2) is 18.0 Å². The monoisotopic (exact) mass is 358 g/mol. The van der Waals surface area contributed by atoms with Crippen molar-refractivity contribution in [3.8, 4) is 0 Å². The lowest BCUT2D eigenvalue weighted by atomic mass is 10.1. The largest absolute Gasteiger partial charge is 0.459 e. The van der Waals surface area contributed by atoms with Crippen molar-refractivity contribution in [3.63, 3.8) is 0 Å². The molecule has 2 aromatic carbocycles. The molecule has 136 valence electrons. The molecule has 4 rings (SSSR count). The summed E-state index contributed by atoms with van der Waals surface area (Å²) >= 11 is 0. The van der Waals surface area contributed by atoms with Gasteiger partial charge in [-0.3, -0.25) is 9.98 Å². The molecule has 5 heteroatoms. The third-order valence-electron chi connectivity index (χ3n) is 4.76. The topological polar surface area (TPSA) is 62.5 Å². The van der Waals surface area contributed by atoms with Crippen LogP contribution in [0.4, 0.5) is 0 Å². The third-order valence-corrected chi connectivity index (χ3v) is 4.76. The van der Waals surface area contributed by atoms with E-state index in [1.807, 2.05) is 42.6 Å². The van der Waals surface area contributed by atoms with Crippen LogP contribution in [0.3, 0.4) is 0 Å². The maximum atomic E-state index is 5.96. The number of nitrogens with one attached hydrogen (secondary N) is 2. The summed E-state index contributed by atoms with van der Waals surface area (Å²) in [5.41, 5.74) is 3.06. The van der Waals surface area contributed by atoms with Gasteiger partial charge in [0.25, 0.3) is 0 Å². The molecule has 0 atom stereocenters. The van der Waals surface area contributed by atoms with Crippen molar-refractivity contribution in [2.75, 3.05) is 7.05 Å². The van der Waals surface area contributed by atoms with Crippen LogP contribution in [0.15, 0.2) is 70.2 Å². The zero-order chi connectivity index (χ0) is 18.6. The van der Waals surface area contributed by atoms with Gasteiger partial charge < -0.3 is 15.1 Å². The maximum Gasteiger partial charge on any atom is 0.191 e. The molecular formula is C22H22N4O. The van der Waals surface area contributed by atoms with Gasteiger partial charge >= 0.3 is 0 Å². The van der Waals surface area contributed by atoms with Crippen molar-refractivity contribution in [1.29, 1.82) is 0 Å². The smallest absolute Gasteiger partial charge is 0.191 e. The van der Waals surface area contributed by atoms with E-state index in [0.29, 0.717) is 19.0 Å². The standard InChI is InChI=1S/C22H22N4O/c1-15-17-8-5-6-10-20(17)27-21(15)14-26-22(23-2)25-13-19-18-9-4-3-7-16(18)11-12-24-19/h3-12H,13-14H2,1-2H3,(H2,23,25,26). The minimum atomic E-state index is 0.573. The van der Waals surface area contributed by atoms with E-state index in [1.54, 1.807) is 7.05 Å². The predicted molar refractivity (Wildman–Crippen MR) is 110 cm³/mol. The van der Waals surface area contributed by atoms with Gasteiger partial charge in [0.2, 0.25) is 0 Å². The third kappa shape index (κ3) is 3.49. The Labute approximate surface area is 158 Å². The van der Waals surface area contributed by atoms with E-state index in [0.717, 1.165) is 33.4 Å². The lowest BCUT2D eigenvalue weighted by molar-refractivity contribution is 0.534. The van der Waals surface area contributed by atoms with Gasteiger partial charge in [0.05, 0.1) is 18.8 Å². The summed E-state index contributed by atoms with van der Waals surface area (Å²) in [5, 5.41) is 10.1. The quantitative estimate of drug-likeness (QED) is 0.425. The first kappa shape index (κ1) is 17.1. The highest BCUT2D eigenvalue weighted by molar-refractivity contribution is 5.85. The van der Waals surface area contributed by atoms with Crippen LogP contribution < -0.4 is 10.6 Å². The second kappa shape index (κ2) is 7.50. The summed E-state index contributed by atoms with van der Waals surface area (Å²) in [4.78, 5) is 8.82. The highest BCUT2D eigenvalue weighted by Crippen LogP contribution is 2.24. The van der Waals surface area contributed by atoms with Crippen molar-refractivity contribution in [1.82, 2.24) is 15.6 Å². The summed E-state index contributed by atoms with van der Waals surface area (Å²) in [5.74, 6) is 1.63. The van der Waals surface area contributed by atoms with Gasteiger partial charge in [-0.25, -0.2) is 0 Å². The molecule has 4 aromatic rings. The maximum absolute atomic E-state index is 5.96. The fourth-order valence-corrected chi connectivity index (χ4v) is 3.27. The minimum absolute atomic E-state index is 0.573. The SMILES string of the molecule is CN=C(NCc1oc2ccccc2c1C)NCc1nccc2ccccc12. The number of nitrogens with zero attached hydrogens (tertiary/aromatic N) is 2. The van der Waals surface area contributed by atoms with Crippen LogP contribution in [0, 0.1) is 6.92 Å². The van der Waals surface area contributed by atoms with E-state index >= 15 is 0 Å². The summed E-state index contributed by atoms with van der Waals surface area (Å²) in [6.45, 7) is 3.25. The van der Waals surface area contributed by atoms with Crippen LogP contribution in [0.1, 0.15) is 17.0 Å². The van der Waals surface area contributed by atoms with Crippen molar-refractivity contribution in [3.05, 3.63) is 77.8 Å². The number of rotatable bonds is 4. The number of hydrogen-bond donors (Lipinski definition) is 2. The van der Waals surface area contributed by atoms with Gasteiger partial charge in [0.1, 0.15) is 11.3 Å². The summed E-state index contributed by atoms with van der Waals surface area (Å²) in [7, 11) is 1.76. The lowest BCUT2D eigenvalue weighted by Gasteiger charge is -2.12. The molecular weight excluding hydrogens is 336 g/mol. The summed E-state index contributed by atoms with van der Waals surface area (Å²) in [6, 6.07) is 18.4. The molecule has 0 aliphatic rings. The van der Waals surface area contributed by atoms with Gasteiger partial charge in [-0.15, -0.1) is 0 Å². The first-order valence-corrected chi connectivity index (χ1v) is 9.00. The van der Waals surface area contributed by atoms with Crippen molar-refractivity contribution in [2.24, 2.45) is 4.99 Å². The van der Waals surface area contributed by atoms with Gasteiger partial charge in [0, 0.05) is 29.6 Å².